The van der Waals surface area contributed by atoms with Crippen molar-refractivity contribution >= 4 is 35.1 Å². The van der Waals surface area contributed by atoms with Gasteiger partial charge in [0, 0.05) is 25.3 Å². The molecule has 1 aromatic carbocycles. The highest BCUT2D eigenvalue weighted by Crippen LogP contribution is 2.13. The van der Waals surface area contributed by atoms with Crippen molar-refractivity contribution in [3.8, 4) is 0 Å². The number of amides is 5. The first kappa shape index (κ1) is 20.1. The molecule has 0 heterocycles. The molecule has 0 fully saturated rings. The van der Waals surface area contributed by atoms with E-state index in [1.165, 1.54) is 14.0 Å². The number of nitrogens with one attached hydrogen (secondary N) is 4. The lowest BCUT2D eigenvalue weighted by Crippen LogP contribution is -2.45. The molecule has 0 atom stereocenters. The van der Waals surface area contributed by atoms with Crippen molar-refractivity contribution in [1.82, 2.24) is 15.5 Å². The van der Waals surface area contributed by atoms with Gasteiger partial charge in [0.05, 0.1) is 13.1 Å². The third-order valence-corrected chi connectivity index (χ3v) is 3.15. The Hall–Kier alpha value is -2.94. The van der Waals surface area contributed by atoms with Crippen molar-refractivity contribution in [2.75, 3.05) is 37.3 Å². The van der Waals surface area contributed by atoms with Crippen molar-refractivity contribution in [2.45, 2.75) is 13.8 Å². The Labute approximate surface area is 146 Å². The maximum atomic E-state index is 12.1. The van der Waals surface area contributed by atoms with E-state index in [0.717, 1.165) is 0 Å². The highest BCUT2D eigenvalue weighted by molar-refractivity contribution is 5.96. The highest BCUT2D eigenvalue weighted by atomic mass is 16.2. The van der Waals surface area contributed by atoms with Crippen LogP contribution in [0.4, 0.5) is 16.2 Å². The Morgan fingerprint density at radius 1 is 0.920 bits per heavy atom. The molecule has 5 amide bonds. The minimum absolute atomic E-state index is 0.00507. The molecule has 1 aromatic rings. The van der Waals surface area contributed by atoms with Crippen molar-refractivity contribution in [3.63, 3.8) is 0 Å². The molecule has 0 unspecified atom stereocenters. The molecule has 4 N–H and O–H groups in total. The lowest BCUT2D eigenvalue weighted by molar-refractivity contribution is -0.122. The van der Waals surface area contributed by atoms with Gasteiger partial charge in [-0.1, -0.05) is 6.92 Å². The normalized spacial score (nSPS) is 10.1. The number of imide groups is 1. The molecule has 0 aliphatic rings. The molecule has 9 heteroatoms. The number of likely N-dealkylation sites (N-methyl/N-ethyl adjacent to an activating group) is 1. The number of benzene rings is 1. The number of hydrogen-bond donors (Lipinski definition) is 4. The number of urea groups is 1. The van der Waals surface area contributed by atoms with Crippen molar-refractivity contribution in [3.05, 3.63) is 24.3 Å². The first-order valence-electron chi connectivity index (χ1n) is 7.75. The Bertz CT molecular complexity index is 630. The average Bonchev–Trinajstić information content (AvgIpc) is 2.55. The van der Waals surface area contributed by atoms with Crippen LogP contribution in [0.5, 0.6) is 0 Å². The predicted octanol–water partition coefficient (Wildman–Crippen LogP) is 0.361. The van der Waals surface area contributed by atoms with Gasteiger partial charge in [0.15, 0.2) is 0 Å². The fourth-order valence-electron chi connectivity index (χ4n) is 1.96. The van der Waals surface area contributed by atoms with E-state index in [4.69, 9.17) is 0 Å². The van der Waals surface area contributed by atoms with Crippen LogP contribution < -0.4 is 21.3 Å². The van der Waals surface area contributed by atoms with E-state index in [-0.39, 0.29) is 24.9 Å². The number of carbonyl (C=O) groups is 4. The van der Waals surface area contributed by atoms with Gasteiger partial charge in [0.1, 0.15) is 0 Å². The molecule has 0 spiro atoms. The largest absolute Gasteiger partial charge is 0.341 e. The average molecular weight is 349 g/mol. The van der Waals surface area contributed by atoms with E-state index in [1.807, 2.05) is 6.92 Å². The molecule has 0 saturated heterocycles. The smallest absolute Gasteiger partial charge is 0.321 e. The monoisotopic (exact) mass is 349 g/mol. The van der Waals surface area contributed by atoms with Gasteiger partial charge in [-0.3, -0.25) is 24.6 Å². The number of hydrogen-bond acceptors (Lipinski definition) is 5. The van der Waals surface area contributed by atoms with Gasteiger partial charge < -0.3 is 16.0 Å². The van der Waals surface area contributed by atoms with Gasteiger partial charge in [0.25, 0.3) is 0 Å². The van der Waals surface area contributed by atoms with E-state index >= 15 is 0 Å². The van der Waals surface area contributed by atoms with E-state index in [1.54, 1.807) is 29.2 Å². The van der Waals surface area contributed by atoms with Gasteiger partial charge in [0.2, 0.25) is 17.7 Å². The number of nitrogens with zero attached hydrogens (tertiary/aromatic N) is 1. The predicted molar refractivity (Wildman–Crippen MR) is 94.1 cm³/mol. The molecular weight excluding hydrogens is 326 g/mol. The van der Waals surface area contributed by atoms with Gasteiger partial charge in [-0.2, -0.15) is 0 Å². The van der Waals surface area contributed by atoms with E-state index in [9.17, 15) is 19.2 Å². The van der Waals surface area contributed by atoms with Crippen molar-refractivity contribution < 1.29 is 19.2 Å². The number of carbonyl (C=O) groups excluding carboxylic acids is 4. The fraction of sp³-hybridized carbons (Fsp3) is 0.375. The summed E-state index contributed by atoms with van der Waals surface area (Å²) in [4.78, 5) is 47.4. The summed E-state index contributed by atoms with van der Waals surface area (Å²) in [5, 5.41) is 9.76. The van der Waals surface area contributed by atoms with Crippen molar-refractivity contribution in [2.24, 2.45) is 0 Å². The first-order chi connectivity index (χ1) is 11.8. The second-order valence-corrected chi connectivity index (χ2v) is 5.24. The minimum Gasteiger partial charge on any atom is -0.341 e. The van der Waals surface area contributed by atoms with Gasteiger partial charge in [-0.15, -0.1) is 0 Å². The van der Waals surface area contributed by atoms with Crippen molar-refractivity contribution in [1.29, 1.82) is 0 Å². The van der Waals surface area contributed by atoms with Crippen LogP contribution in [0, 0.1) is 0 Å². The van der Waals surface area contributed by atoms with Crippen LogP contribution in [-0.4, -0.2) is 55.3 Å². The number of anilines is 2. The molecule has 0 aliphatic carbocycles. The molecule has 136 valence electrons. The summed E-state index contributed by atoms with van der Waals surface area (Å²) >= 11 is 0. The summed E-state index contributed by atoms with van der Waals surface area (Å²) in [7, 11) is 1.41. The summed E-state index contributed by atoms with van der Waals surface area (Å²) in [5.74, 6) is -0.957. The molecule has 0 saturated carbocycles. The molecule has 0 aromatic heterocycles. The molecule has 9 nitrogen and oxygen atoms in total. The summed E-state index contributed by atoms with van der Waals surface area (Å²) in [5.41, 5.74) is 1.21. The topological polar surface area (TPSA) is 120 Å². The van der Waals surface area contributed by atoms with Crippen LogP contribution in [0.3, 0.4) is 0 Å². The Kier molecular flexibility index (Phi) is 8.07. The van der Waals surface area contributed by atoms with Gasteiger partial charge in [-0.05, 0) is 30.8 Å². The Balaban J connectivity index is 2.51. The maximum Gasteiger partial charge on any atom is 0.321 e. The molecule has 0 radical (unpaired) electrons. The zero-order chi connectivity index (χ0) is 18.8. The van der Waals surface area contributed by atoms with Crippen LogP contribution in [-0.2, 0) is 14.4 Å². The first-order valence-corrected chi connectivity index (χ1v) is 7.75. The standard InChI is InChI=1S/C16H23N5O4/c1-4-21(10-15(24)20-16(25)17-3)9-14(23)19-13-7-5-12(6-8-13)18-11(2)22/h5-8H,4,9-10H2,1-3H3,(H,18,22)(H,19,23)(H2,17,20,24,25). The lowest BCUT2D eigenvalue weighted by Gasteiger charge is -2.19. The fourth-order valence-corrected chi connectivity index (χ4v) is 1.96. The third kappa shape index (κ3) is 7.93. The quantitative estimate of drug-likeness (QED) is 0.567. The van der Waals surface area contributed by atoms with E-state index in [2.05, 4.69) is 21.3 Å². The Morgan fingerprint density at radius 2 is 1.44 bits per heavy atom. The summed E-state index contributed by atoms with van der Waals surface area (Å²) < 4.78 is 0. The van der Waals surface area contributed by atoms with Crippen LogP contribution in [0.25, 0.3) is 0 Å². The zero-order valence-corrected chi connectivity index (χ0v) is 14.5. The van der Waals surface area contributed by atoms with E-state index in [0.29, 0.717) is 17.9 Å². The minimum atomic E-state index is -0.593. The third-order valence-electron chi connectivity index (χ3n) is 3.15. The lowest BCUT2D eigenvalue weighted by atomic mass is 10.2. The second-order valence-electron chi connectivity index (χ2n) is 5.24. The SMILES string of the molecule is CCN(CC(=O)NC(=O)NC)CC(=O)Nc1ccc(NC(C)=O)cc1. The van der Waals surface area contributed by atoms with E-state index < -0.39 is 11.9 Å². The van der Waals surface area contributed by atoms with Gasteiger partial charge in [-0.25, -0.2) is 4.79 Å². The highest BCUT2D eigenvalue weighted by Gasteiger charge is 2.14. The molecule has 1 rings (SSSR count). The summed E-state index contributed by atoms with van der Waals surface area (Å²) in [6.45, 7) is 3.62. The zero-order valence-electron chi connectivity index (χ0n) is 14.5. The second kappa shape index (κ2) is 10.0. The molecule has 0 bridgehead atoms. The number of rotatable bonds is 7. The molecule has 0 aliphatic heterocycles. The summed E-state index contributed by atoms with van der Waals surface area (Å²) in [6, 6.07) is 6.08. The summed E-state index contributed by atoms with van der Waals surface area (Å²) in [6.07, 6.45) is 0. The maximum absolute atomic E-state index is 12.1. The van der Waals surface area contributed by atoms with Crippen LogP contribution in [0.15, 0.2) is 24.3 Å². The van der Waals surface area contributed by atoms with Crippen LogP contribution in [0.1, 0.15) is 13.8 Å². The van der Waals surface area contributed by atoms with Crippen LogP contribution in [0.2, 0.25) is 0 Å². The van der Waals surface area contributed by atoms with Gasteiger partial charge >= 0.3 is 6.03 Å². The Morgan fingerprint density at radius 3 is 1.92 bits per heavy atom. The molecular formula is C16H23N5O4. The molecule has 25 heavy (non-hydrogen) atoms. The van der Waals surface area contributed by atoms with Crippen LogP contribution >= 0.6 is 0 Å².